The van der Waals surface area contributed by atoms with Crippen molar-refractivity contribution in [2.24, 2.45) is 0 Å². The second kappa shape index (κ2) is 3.37. The van der Waals surface area contributed by atoms with Crippen LogP contribution in [0.2, 0.25) is 0 Å². The minimum atomic E-state index is -0.202. The van der Waals surface area contributed by atoms with Crippen molar-refractivity contribution < 1.29 is 4.39 Å². The zero-order chi connectivity index (χ0) is 9.42. The van der Waals surface area contributed by atoms with E-state index >= 15 is 0 Å². The maximum atomic E-state index is 13.4. The lowest BCUT2D eigenvalue weighted by atomic mass is 10.1. The van der Waals surface area contributed by atoms with E-state index in [0.29, 0.717) is 10.5 Å². The quantitative estimate of drug-likeness (QED) is 0.726. The minimum Gasteiger partial charge on any atom is -0.243 e. The average molecular weight is 244 g/mol. The molecule has 1 saturated carbocycles. The van der Waals surface area contributed by atoms with E-state index in [-0.39, 0.29) is 5.82 Å². The van der Waals surface area contributed by atoms with Crippen molar-refractivity contribution in [3.05, 3.63) is 27.7 Å². The monoisotopic (exact) mass is 243 g/mol. The predicted molar refractivity (Wildman–Crippen MR) is 53.2 cm³/mol. The van der Waals surface area contributed by atoms with Gasteiger partial charge in [0, 0.05) is 11.6 Å². The molecule has 0 amide bonds. The second-order valence-electron chi connectivity index (χ2n) is 3.44. The van der Waals surface area contributed by atoms with Gasteiger partial charge >= 0.3 is 0 Å². The fourth-order valence-corrected chi connectivity index (χ4v) is 1.87. The van der Waals surface area contributed by atoms with Gasteiger partial charge in [-0.25, -0.2) is 9.37 Å². The number of rotatable bonds is 2. The Balaban J connectivity index is 2.43. The number of hydrogen-bond acceptors (Lipinski definition) is 1. The van der Waals surface area contributed by atoms with Crippen LogP contribution in [-0.2, 0) is 6.42 Å². The predicted octanol–water partition coefficient (Wildman–Crippen LogP) is 3.42. The van der Waals surface area contributed by atoms with E-state index < -0.39 is 0 Å². The molecule has 1 aromatic heterocycles. The van der Waals surface area contributed by atoms with Crippen LogP contribution >= 0.6 is 15.9 Å². The maximum Gasteiger partial charge on any atom is 0.159 e. The first kappa shape index (κ1) is 9.13. The maximum absolute atomic E-state index is 13.4. The van der Waals surface area contributed by atoms with Gasteiger partial charge in [0.1, 0.15) is 4.60 Å². The highest BCUT2D eigenvalue weighted by Gasteiger charge is 2.26. The molecule has 1 fully saturated rings. The molecular weight excluding hydrogens is 233 g/mol. The SMILES string of the molecule is CCc1cc(C2CC2)nc(Br)c1F. The standard InChI is InChI=1S/C10H11BrFN/c1-2-6-5-8(7-3-4-7)13-10(11)9(6)12/h5,7H,2-4H2,1H3. The van der Waals surface area contributed by atoms with Crippen molar-refractivity contribution in [3.63, 3.8) is 0 Å². The van der Waals surface area contributed by atoms with E-state index in [9.17, 15) is 4.39 Å². The molecular formula is C10H11BrFN. The Morgan fingerprint density at radius 1 is 1.62 bits per heavy atom. The molecule has 1 aliphatic carbocycles. The molecule has 13 heavy (non-hydrogen) atoms. The third-order valence-electron chi connectivity index (χ3n) is 2.39. The molecule has 0 aromatic carbocycles. The Morgan fingerprint density at radius 2 is 2.31 bits per heavy atom. The Bertz CT molecular complexity index is 334. The van der Waals surface area contributed by atoms with Crippen LogP contribution in [-0.4, -0.2) is 4.98 Å². The molecule has 1 heterocycles. The molecule has 3 heteroatoms. The van der Waals surface area contributed by atoms with E-state index in [0.717, 1.165) is 17.7 Å². The first-order valence-electron chi connectivity index (χ1n) is 4.57. The molecule has 0 atom stereocenters. The van der Waals surface area contributed by atoms with Crippen molar-refractivity contribution in [3.8, 4) is 0 Å². The Labute approximate surface area is 85.5 Å². The normalized spacial score (nSPS) is 16.2. The Hall–Kier alpha value is -0.440. The summed E-state index contributed by atoms with van der Waals surface area (Å²) in [6, 6.07) is 1.90. The van der Waals surface area contributed by atoms with Crippen LogP contribution in [0.4, 0.5) is 4.39 Å². The van der Waals surface area contributed by atoms with Crippen molar-refractivity contribution in [1.29, 1.82) is 0 Å². The molecule has 0 radical (unpaired) electrons. The summed E-state index contributed by atoms with van der Waals surface area (Å²) in [7, 11) is 0. The molecule has 1 nitrogen and oxygen atoms in total. The summed E-state index contributed by atoms with van der Waals surface area (Å²) in [5.74, 6) is 0.383. The highest BCUT2D eigenvalue weighted by atomic mass is 79.9. The summed E-state index contributed by atoms with van der Waals surface area (Å²) in [5.41, 5.74) is 1.81. The van der Waals surface area contributed by atoms with Gasteiger partial charge in [0.2, 0.25) is 0 Å². The topological polar surface area (TPSA) is 12.9 Å². The van der Waals surface area contributed by atoms with Crippen LogP contribution in [0.25, 0.3) is 0 Å². The lowest BCUT2D eigenvalue weighted by Crippen LogP contribution is -1.96. The van der Waals surface area contributed by atoms with Crippen LogP contribution in [0.15, 0.2) is 10.7 Å². The first-order chi connectivity index (χ1) is 6.22. The Morgan fingerprint density at radius 3 is 2.85 bits per heavy atom. The summed E-state index contributed by atoms with van der Waals surface area (Å²) in [5, 5.41) is 0. The number of nitrogens with zero attached hydrogens (tertiary/aromatic N) is 1. The lowest BCUT2D eigenvalue weighted by Gasteiger charge is -2.04. The van der Waals surface area contributed by atoms with Crippen molar-refractivity contribution in [2.75, 3.05) is 0 Å². The lowest BCUT2D eigenvalue weighted by molar-refractivity contribution is 0.594. The fraction of sp³-hybridized carbons (Fsp3) is 0.500. The molecule has 2 rings (SSSR count). The van der Waals surface area contributed by atoms with E-state index in [1.807, 2.05) is 13.0 Å². The summed E-state index contributed by atoms with van der Waals surface area (Å²) in [6.45, 7) is 1.96. The number of halogens is 2. The summed E-state index contributed by atoms with van der Waals surface area (Å²) < 4.78 is 13.7. The molecule has 0 spiro atoms. The van der Waals surface area contributed by atoms with Gasteiger partial charge in [0.05, 0.1) is 0 Å². The highest BCUT2D eigenvalue weighted by molar-refractivity contribution is 9.10. The molecule has 0 bridgehead atoms. The first-order valence-corrected chi connectivity index (χ1v) is 5.36. The molecule has 70 valence electrons. The van der Waals surface area contributed by atoms with Crippen LogP contribution in [0.1, 0.15) is 36.9 Å². The van der Waals surface area contributed by atoms with Gasteiger partial charge in [-0.2, -0.15) is 0 Å². The Kier molecular flexibility index (Phi) is 2.37. The fourth-order valence-electron chi connectivity index (χ4n) is 1.41. The zero-order valence-corrected chi connectivity index (χ0v) is 9.07. The molecule has 0 N–H and O–H groups in total. The third-order valence-corrected chi connectivity index (χ3v) is 2.91. The number of pyridine rings is 1. The van der Waals surface area contributed by atoms with Crippen molar-refractivity contribution in [2.45, 2.75) is 32.1 Å². The molecule has 0 saturated heterocycles. The number of hydrogen-bond donors (Lipinski definition) is 0. The molecule has 1 aromatic rings. The zero-order valence-electron chi connectivity index (χ0n) is 7.48. The van der Waals surface area contributed by atoms with Crippen LogP contribution < -0.4 is 0 Å². The number of aromatic nitrogens is 1. The minimum absolute atomic E-state index is 0.202. The molecule has 0 unspecified atom stereocenters. The van der Waals surface area contributed by atoms with Gasteiger partial charge in [-0.1, -0.05) is 6.92 Å². The molecule has 1 aliphatic rings. The smallest absolute Gasteiger partial charge is 0.159 e. The number of aryl methyl sites for hydroxylation is 1. The van der Waals surface area contributed by atoms with E-state index in [1.165, 1.54) is 12.8 Å². The van der Waals surface area contributed by atoms with Gasteiger partial charge < -0.3 is 0 Å². The van der Waals surface area contributed by atoms with Crippen LogP contribution in [0, 0.1) is 5.82 Å². The van der Waals surface area contributed by atoms with Crippen LogP contribution in [0.3, 0.4) is 0 Å². The summed E-state index contributed by atoms with van der Waals surface area (Å²) in [4.78, 5) is 4.18. The second-order valence-corrected chi connectivity index (χ2v) is 4.19. The van der Waals surface area contributed by atoms with Gasteiger partial charge in [-0.3, -0.25) is 0 Å². The van der Waals surface area contributed by atoms with Crippen molar-refractivity contribution in [1.82, 2.24) is 4.98 Å². The van der Waals surface area contributed by atoms with Gasteiger partial charge in [-0.15, -0.1) is 0 Å². The van der Waals surface area contributed by atoms with Crippen LogP contribution in [0.5, 0.6) is 0 Å². The van der Waals surface area contributed by atoms with Crippen molar-refractivity contribution >= 4 is 15.9 Å². The average Bonchev–Trinajstić information content (AvgIpc) is 2.92. The van der Waals surface area contributed by atoms with E-state index in [1.54, 1.807) is 0 Å². The third kappa shape index (κ3) is 1.75. The van der Waals surface area contributed by atoms with E-state index in [4.69, 9.17) is 0 Å². The summed E-state index contributed by atoms with van der Waals surface area (Å²) in [6.07, 6.45) is 3.13. The van der Waals surface area contributed by atoms with Gasteiger partial charge in [0.15, 0.2) is 5.82 Å². The summed E-state index contributed by atoms with van der Waals surface area (Å²) >= 11 is 3.15. The van der Waals surface area contributed by atoms with Gasteiger partial charge in [-0.05, 0) is 46.8 Å². The van der Waals surface area contributed by atoms with E-state index in [2.05, 4.69) is 20.9 Å². The molecule has 0 aliphatic heterocycles. The van der Waals surface area contributed by atoms with Gasteiger partial charge in [0.25, 0.3) is 0 Å². The highest BCUT2D eigenvalue weighted by Crippen LogP contribution is 2.40. The largest absolute Gasteiger partial charge is 0.243 e.